The molecule has 0 saturated heterocycles. The molecule has 0 spiro atoms. The predicted octanol–water partition coefficient (Wildman–Crippen LogP) is 3.33. The highest BCUT2D eigenvalue weighted by Gasteiger charge is 2.16. The number of aryl methyl sites for hydroxylation is 2. The van der Waals surface area contributed by atoms with Crippen molar-refractivity contribution in [3.63, 3.8) is 0 Å². The number of carbonyl (C=O) groups is 1. The molecule has 2 aromatic carbocycles. The normalized spacial score (nSPS) is 11.0. The number of hydrogen-bond acceptors (Lipinski definition) is 6. The summed E-state index contributed by atoms with van der Waals surface area (Å²) in [5.41, 5.74) is 3.71. The van der Waals surface area contributed by atoms with E-state index in [0.717, 1.165) is 22.4 Å². The number of aromatic nitrogens is 4. The summed E-state index contributed by atoms with van der Waals surface area (Å²) >= 11 is 0. The Morgan fingerprint density at radius 1 is 0.972 bits per heavy atom. The van der Waals surface area contributed by atoms with Crippen LogP contribution in [0.5, 0.6) is 11.5 Å². The van der Waals surface area contributed by atoms with Crippen molar-refractivity contribution < 1.29 is 14.3 Å². The molecule has 0 fully saturated rings. The highest BCUT2D eigenvalue weighted by molar-refractivity contribution is 5.75. The lowest BCUT2D eigenvalue weighted by atomic mass is 10.1. The van der Waals surface area contributed by atoms with Crippen molar-refractivity contribution in [1.29, 1.82) is 0 Å². The van der Waals surface area contributed by atoms with Gasteiger partial charge >= 0.3 is 5.69 Å². The maximum Gasteiger partial charge on any atom is 0.352 e. The summed E-state index contributed by atoms with van der Waals surface area (Å²) < 4.78 is 13.9. The molecule has 0 aliphatic heterocycles. The third kappa shape index (κ3) is 5.56. The van der Waals surface area contributed by atoms with Crippen LogP contribution in [0.4, 0.5) is 0 Å². The topological polar surface area (TPSA) is 99.7 Å². The van der Waals surface area contributed by atoms with Crippen LogP contribution in [0.25, 0.3) is 17.0 Å². The number of rotatable bonds is 10. The Labute approximate surface area is 209 Å². The number of ether oxygens (including phenoxy) is 2. The van der Waals surface area contributed by atoms with Gasteiger partial charge in [0.2, 0.25) is 5.91 Å². The van der Waals surface area contributed by atoms with Crippen LogP contribution in [0.3, 0.4) is 0 Å². The molecule has 36 heavy (non-hydrogen) atoms. The van der Waals surface area contributed by atoms with Crippen molar-refractivity contribution in [1.82, 2.24) is 24.5 Å². The van der Waals surface area contributed by atoms with Crippen LogP contribution in [0.2, 0.25) is 0 Å². The average molecular weight is 490 g/mol. The van der Waals surface area contributed by atoms with Gasteiger partial charge in [-0.25, -0.2) is 18.9 Å². The highest BCUT2D eigenvalue weighted by Crippen LogP contribution is 2.28. The summed E-state index contributed by atoms with van der Waals surface area (Å²) in [7, 11) is 0. The molecule has 4 rings (SSSR count). The molecule has 0 unspecified atom stereocenters. The average Bonchev–Trinajstić information content (AvgIpc) is 3.15. The number of nitrogens with one attached hydrogen (secondary N) is 1. The van der Waals surface area contributed by atoms with Crippen LogP contribution in [-0.4, -0.2) is 44.8 Å². The van der Waals surface area contributed by atoms with Gasteiger partial charge in [0.05, 0.1) is 13.2 Å². The Kier molecular flexibility index (Phi) is 7.68. The monoisotopic (exact) mass is 489 g/mol. The van der Waals surface area contributed by atoms with E-state index in [1.54, 1.807) is 6.07 Å². The molecular formula is C27H31N5O4. The van der Waals surface area contributed by atoms with Gasteiger partial charge in [0.25, 0.3) is 0 Å². The molecule has 188 valence electrons. The van der Waals surface area contributed by atoms with Gasteiger partial charge in [0.15, 0.2) is 17.1 Å². The summed E-state index contributed by atoms with van der Waals surface area (Å²) in [6.07, 6.45) is 0.610. The van der Waals surface area contributed by atoms with Gasteiger partial charge in [0.1, 0.15) is 12.4 Å². The van der Waals surface area contributed by atoms with Crippen molar-refractivity contribution in [2.24, 2.45) is 0 Å². The lowest BCUT2D eigenvalue weighted by Gasteiger charge is -2.12. The van der Waals surface area contributed by atoms with Gasteiger partial charge in [-0.3, -0.25) is 4.79 Å². The van der Waals surface area contributed by atoms with E-state index in [1.807, 2.05) is 70.2 Å². The number of nitrogens with zero attached hydrogens (tertiary/aromatic N) is 4. The van der Waals surface area contributed by atoms with Gasteiger partial charge in [-0.1, -0.05) is 35.9 Å². The van der Waals surface area contributed by atoms with Gasteiger partial charge in [-0.15, -0.1) is 5.10 Å². The van der Waals surface area contributed by atoms with E-state index in [4.69, 9.17) is 9.47 Å². The Bertz CT molecular complexity index is 1420. The SMILES string of the molecule is CCOc1ccc(CCNC(=O)Cn2nc3cc(C)nc(-c4ccc(C)cc4)n3c2=O)cc1OCC. The lowest BCUT2D eigenvalue weighted by Crippen LogP contribution is -2.34. The highest BCUT2D eigenvalue weighted by atomic mass is 16.5. The van der Waals surface area contributed by atoms with Crippen molar-refractivity contribution >= 4 is 11.6 Å². The molecular weight excluding hydrogens is 458 g/mol. The van der Waals surface area contributed by atoms with E-state index >= 15 is 0 Å². The van der Waals surface area contributed by atoms with E-state index in [1.165, 1.54) is 9.08 Å². The maximum atomic E-state index is 13.1. The molecule has 1 amide bonds. The summed E-state index contributed by atoms with van der Waals surface area (Å²) in [5, 5.41) is 7.25. The standard InChI is InChI=1S/C27H31N5O4/c1-5-35-22-12-9-20(16-23(22)36-6-2)13-14-28-25(33)17-31-27(34)32-24(30-31)15-19(4)29-26(32)21-10-7-18(3)8-11-21/h7-12,15-16H,5-6,13-14,17H2,1-4H3,(H,28,33). The van der Waals surface area contributed by atoms with E-state index in [9.17, 15) is 9.59 Å². The van der Waals surface area contributed by atoms with Gasteiger partial charge < -0.3 is 14.8 Å². The molecule has 9 heteroatoms. The minimum absolute atomic E-state index is 0.180. The molecule has 0 aliphatic carbocycles. The fourth-order valence-corrected chi connectivity index (χ4v) is 3.94. The molecule has 0 saturated carbocycles. The van der Waals surface area contributed by atoms with Crippen molar-refractivity contribution in [2.75, 3.05) is 19.8 Å². The van der Waals surface area contributed by atoms with E-state index in [0.29, 0.717) is 49.1 Å². The lowest BCUT2D eigenvalue weighted by molar-refractivity contribution is -0.121. The number of carbonyl (C=O) groups excluding carboxylic acids is 1. The van der Waals surface area contributed by atoms with Gasteiger partial charge in [0, 0.05) is 23.9 Å². The minimum Gasteiger partial charge on any atom is -0.490 e. The second kappa shape index (κ2) is 11.1. The number of benzene rings is 2. The fraction of sp³-hybridized carbons (Fsp3) is 0.333. The molecule has 9 nitrogen and oxygen atoms in total. The first-order valence-corrected chi connectivity index (χ1v) is 12.1. The molecule has 4 aromatic rings. The van der Waals surface area contributed by atoms with Gasteiger partial charge in [-0.2, -0.15) is 0 Å². The molecule has 0 bridgehead atoms. The van der Waals surface area contributed by atoms with Crippen LogP contribution < -0.4 is 20.5 Å². The fourth-order valence-electron chi connectivity index (χ4n) is 3.94. The third-order valence-electron chi connectivity index (χ3n) is 5.64. The van der Waals surface area contributed by atoms with E-state index < -0.39 is 5.69 Å². The number of amides is 1. The van der Waals surface area contributed by atoms with E-state index in [-0.39, 0.29) is 12.5 Å². The minimum atomic E-state index is -0.406. The Balaban J connectivity index is 1.46. The zero-order valence-electron chi connectivity index (χ0n) is 21.1. The zero-order chi connectivity index (χ0) is 25.7. The predicted molar refractivity (Wildman–Crippen MR) is 138 cm³/mol. The molecule has 0 aliphatic rings. The van der Waals surface area contributed by atoms with Crippen LogP contribution in [0.15, 0.2) is 53.3 Å². The van der Waals surface area contributed by atoms with E-state index in [2.05, 4.69) is 15.4 Å². The van der Waals surface area contributed by atoms with Crippen molar-refractivity contribution in [2.45, 2.75) is 40.7 Å². The molecule has 2 heterocycles. The summed E-state index contributed by atoms with van der Waals surface area (Å²) in [5.74, 6) is 1.60. The van der Waals surface area contributed by atoms with Crippen LogP contribution in [-0.2, 0) is 17.8 Å². The smallest absolute Gasteiger partial charge is 0.352 e. The maximum absolute atomic E-state index is 13.1. The molecule has 1 N–H and O–H groups in total. The Morgan fingerprint density at radius 3 is 2.42 bits per heavy atom. The first kappa shape index (κ1) is 25.0. The third-order valence-corrected chi connectivity index (χ3v) is 5.64. The summed E-state index contributed by atoms with van der Waals surface area (Å²) in [6, 6.07) is 15.3. The van der Waals surface area contributed by atoms with Gasteiger partial charge in [-0.05, 0) is 51.8 Å². The largest absolute Gasteiger partial charge is 0.490 e. The molecule has 0 atom stereocenters. The first-order chi connectivity index (χ1) is 17.4. The second-order valence-electron chi connectivity index (χ2n) is 8.47. The summed E-state index contributed by atoms with van der Waals surface area (Å²) in [4.78, 5) is 30.3. The quantitative estimate of drug-likeness (QED) is 0.367. The first-order valence-electron chi connectivity index (χ1n) is 12.1. The van der Waals surface area contributed by atoms with Crippen molar-refractivity contribution in [3.05, 3.63) is 75.8 Å². The Hall–Kier alpha value is -4.14. The summed E-state index contributed by atoms with van der Waals surface area (Å²) in [6.45, 7) is 9.02. The Morgan fingerprint density at radius 2 is 1.69 bits per heavy atom. The number of hydrogen-bond donors (Lipinski definition) is 1. The molecule has 2 aromatic heterocycles. The molecule has 0 radical (unpaired) electrons. The van der Waals surface area contributed by atoms with Crippen LogP contribution >= 0.6 is 0 Å². The van der Waals surface area contributed by atoms with Crippen molar-refractivity contribution in [3.8, 4) is 22.9 Å². The zero-order valence-corrected chi connectivity index (χ0v) is 21.1. The second-order valence-corrected chi connectivity index (χ2v) is 8.47. The number of fused-ring (bicyclic) bond motifs is 1. The van der Waals surface area contributed by atoms with Crippen LogP contribution in [0, 0.1) is 13.8 Å². The van der Waals surface area contributed by atoms with Crippen LogP contribution in [0.1, 0.15) is 30.7 Å².